The average Bonchev–Trinajstić information content (AvgIpc) is 2.07. The zero-order valence-corrected chi connectivity index (χ0v) is 9.54. The predicted octanol–water partition coefficient (Wildman–Crippen LogP) is -0.216. The third-order valence-electron chi connectivity index (χ3n) is 2.08. The van der Waals surface area contributed by atoms with Gasteiger partial charge in [-0.05, 0) is 12.5 Å². The first kappa shape index (κ1) is 11.8. The maximum atomic E-state index is 11.4. The lowest BCUT2D eigenvalue weighted by Crippen LogP contribution is -2.23. The van der Waals surface area contributed by atoms with Crippen molar-refractivity contribution in [3.63, 3.8) is 0 Å². The summed E-state index contributed by atoms with van der Waals surface area (Å²) < 4.78 is 23.2. The Balaban J connectivity index is 2.97. The second-order valence-corrected chi connectivity index (χ2v) is 5.83. The fraction of sp³-hybridized carbons (Fsp3) is 0.444. The molecule has 0 aliphatic carbocycles. The summed E-state index contributed by atoms with van der Waals surface area (Å²) in [5.74, 6) is -0.0601. The summed E-state index contributed by atoms with van der Waals surface area (Å²) in [6.45, 7) is 1.87. The Labute approximate surface area is 88.4 Å². The van der Waals surface area contributed by atoms with Crippen molar-refractivity contribution in [2.45, 2.75) is 13.5 Å². The van der Waals surface area contributed by atoms with Crippen LogP contribution in [-0.2, 0) is 16.4 Å². The fourth-order valence-corrected chi connectivity index (χ4v) is 1.65. The van der Waals surface area contributed by atoms with Crippen LogP contribution in [0.4, 0.5) is 5.69 Å². The molecule has 0 saturated carbocycles. The zero-order valence-electron chi connectivity index (χ0n) is 8.73. The van der Waals surface area contributed by atoms with Gasteiger partial charge in [0.2, 0.25) is 0 Å². The van der Waals surface area contributed by atoms with Crippen LogP contribution >= 0.6 is 0 Å². The van der Waals surface area contributed by atoms with Gasteiger partial charge in [-0.2, -0.15) is 0 Å². The van der Waals surface area contributed by atoms with Crippen LogP contribution in [0.25, 0.3) is 0 Å². The normalized spacial score (nSPS) is 11.6. The van der Waals surface area contributed by atoms with Crippen LogP contribution < -0.4 is 11.3 Å². The Morgan fingerprint density at radius 2 is 2.07 bits per heavy atom. The van der Waals surface area contributed by atoms with E-state index >= 15 is 0 Å². The van der Waals surface area contributed by atoms with Crippen LogP contribution in [0.1, 0.15) is 5.56 Å². The van der Waals surface area contributed by atoms with E-state index in [4.69, 9.17) is 5.73 Å². The fourth-order valence-electron chi connectivity index (χ4n) is 1.12. The van der Waals surface area contributed by atoms with Gasteiger partial charge in [-0.1, -0.05) is 0 Å². The highest BCUT2D eigenvalue weighted by Gasteiger charge is 2.05. The maximum absolute atomic E-state index is 11.4. The summed E-state index contributed by atoms with van der Waals surface area (Å²) in [7, 11) is -3.06. The Bertz CT molecular complexity index is 517. The number of aryl methyl sites for hydroxylation is 2. The average molecular weight is 230 g/mol. The van der Waals surface area contributed by atoms with Crippen molar-refractivity contribution in [3.05, 3.63) is 28.2 Å². The van der Waals surface area contributed by atoms with E-state index in [1.54, 1.807) is 6.92 Å². The van der Waals surface area contributed by atoms with Crippen LogP contribution in [0.2, 0.25) is 0 Å². The van der Waals surface area contributed by atoms with Gasteiger partial charge in [0.25, 0.3) is 5.56 Å². The number of nitrogens with two attached hydrogens (primary N) is 1. The molecule has 0 amide bonds. The van der Waals surface area contributed by atoms with Crippen molar-refractivity contribution in [1.82, 2.24) is 4.57 Å². The Hall–Kier alpha value is -1.30. The second kappa shape index (κ2) is 4.06. The van der Waals surface area contributed by atoms with E-state index in [9.17, 15) is 13.2 Å². The Kier molecular flexibility index (Phi) is 3.18. The maximum Gasteiger partial charge on any atom is 0.250 e. The van der Waals surface area contributed by atoms with E-state index < -0.39 is 9.84 Å². The molecule has 1 aromatic rings. The number of anilines is 1. The largest absolute Gasteiger partial charge is 0.397 e. The molecule has 0 fully saturated rings. The van der Waals surface area contributed by atoms with Crippen molar-refractivity contribution < 1.29 is 8.42 Å². The summed E-state index contributed by atoms with van der Waals surface area (Å²) in [6.07, 6.45) is 2.61. The highest BCUT2D eigenvalue weighted by molar-refractivity contribution is 7.90. The molecule has 0 aromatic carbocycles. The van der Waals surface area contributed by atoms with E-state index in [0.717, 1.165) is 6.26 Å². The first-order valence-corrected chi connectivity index (χ1v) is 6.50. The first-order valence-electron chi connectivity index (χ1n) is 4.44. The molecule has 0 radical (unpaired) electrons. The minimum Gasteiger partial charge on any atom is -0.397 e. The summed E-state index contributed by atoms with van der Waals surface area (Å²) in [6, 6.07) is 1.40. The molecule has 1 heterocycles. The Morgan fingerprint density at radius 3 is 2.60 bits per heavy atom. The molecule has 0 aliphatic rings. The molecule has 6 heteroatoms. The molecule has 0 atom stereocenters. The van der Waals surface area contributed by atoms with Gasteiger partial charge in [0.15, 0.2) is 0 Å². The summed E-state index contributed by atoms with van der Waals surface area (Å²) in [4.78, 5) is 11.4. The van der Waals surface area contributed by atoms with Crippen molar-refractivity contribution in [1.29, 1.82) is 0 Å². The number of rotatable bonds is 3. The lowest BCUT2D eigenvalue weighted by atomic mass is 10.2. The highest BCUT2D eigenvalue weighted by Crippen LogP contribution is 2.05. The number of sulfone groups is 1. The van der Waals surface area contributed by atoms with Crippen LogP contribution in [0.3, 0.4) is 0 Å². The van der Waals surface area contributed by atoms with Crippen LogP contribution in [0, 0.1) is 6.92 Å². The Morgan fingerprint density at radius 1 is 1.47 bits per heavy atom. The molecule has 1 rings (SSSR count). The number of hydrogen-bond acceptors (Lipinski definition) is 4. The molecule has 5 nitrogen and oxygen atoms in total. The SMILES string of the molecule is Cc1cc(=O)n(CCS(C)(=O)=O)cc1N. The molecule has 0 saturated heterocycles. The highest BCUT2D eigenvalue weighted by atomic mass is 32.2. The van der Waals surface area contributed by atoms with E-state index in [0.29, 0.717) is 11.3 Å². The smallest absolute Gasteiger partial charge is 0.250 e. The summed E-state index contributed by atoms with van der Waals surface area (Å²) in [5, 5.41) is 0. The second-order valence-electron chi connectivity index (χ2n) is 3.57. The minimum atomic E-state index is -3.06. The topological polar surface area (TPSA) is 82.2 Å². The standard InChI is InChI=1S/C9H14N2O3S/c1-7-5-9(12)11(6-8(7)10)3-4-15(2,13)14/h5-6H,3-4,10H2,1-2H3. The van der Waals surface area contributed by atoms with Crippen LogP contribution in [0.15, 0.2) is 17.1 Å². The monoisotopic (exact) mass is 230 g/mol. The van der Waals surface area contributed by atoms with Gasteiger partial charge in [0.05, 0.1) is 11.4 Å². The number of hydrogen-bond donors (Lipinski definition) is 1. The first-order chi connectivity index (χ1) is 6.79. The predicted molar refractivity (Wildman–Crippen MR) is 59.6 cm³/mol. The van der Waals surface area contributed by atoms with Crippen LogP contribution in [-0.4, -0.2) is 25.0 Å². The van der Waals surface area contributed by atoms with Gasteiger partial charge in [-0.3, -0.25) is 4.79 Å². The lowest BCUT2D eigenvalue weighted by molar-refractivity contribution is 0.593. The molecule has 1 aromatic heterocycles. The van der Waals surface area contributed by atoms with Gasteiger partial charge >= 0.3 is 0 Å². The van der Waals surface area contributed by atoms with Crippen molar-refractivity contribution >= 4 is 15.5 Å². The lowest BCUT2D eigenvalue weighted by Gasteiger charge is -2.07. The van der Waals surface area contributed by atoms with E-state index in [2.05, 4.69) is 0 Å². The number of pyridine rings is 1. The molecule has 0 unspecified atom stereocenters. The molecule has 15 heavy (non-hydrogen) atoms. The molecule has 0 aliphatic heterocycles. The molecule has 0 spiro atoms. The molecule has 2 N–H and O–H groups in total. The number of nitrogen functional groups attached to an aromatic ring is 1. The van der Waals surface area contributed by atoms with Gasteiger partial charge in [0.1, 0.15) is 9.84 Å². The van der Waals surface area contributed by atoms with Gasteiger partial charge in [-0.15, -0.1) is 0 Å². The molecule has 84 valence electrons. The summed E-state index contributed by atoms with van der Waals surface area (Å²) in [5.41, 5.74) is 6.58. The zero-order chi connectivity index (χ0) is 11.6. The van der Waals surface area contributed by atoms with Crippen LogP contribution in [0.5, 0.6) is 0 Å². The van der Waals surface area contributed by atoms with Crippen molar-refractivity contribution in [2.24, 2.45) is 0 Å². The number of nitrogens with zero attached hydrogens (tertiary/aromatic N) is 1. The third kappa shape index (κ3) is 3.39. The summed E-state index contributed by atoms with van der Waals surface area (Å²) >= 11 is 0. The molecule has 0 bridgehead atoms. The molecular weight excluding hydrogens is 216 g/mol. The third-order valence-corrected chi connectivity index (χ3v) is 3.00. The van der Waals surface area contributed by atoms with E-state index in [1.807, 2.05) is 0 Å². The van der Waals surface area contributed by atoms with Gasteiger partial charge < -0.3 is 10.3 Å². The molecular formula is C9H14N2O3S. The van der Waals surface area contributed by atoms with Crippen molar-refractivity contribution in [3.8, 4) is 0 Å². The van der Waals surface area contributed by atoms with Gasteiger partial charge in [0, 0.05) is 25.1 Å². The van der Waals surface area contributed by atoms with E-state index in [1.165, 1.54) is 16.8 Å². The van der Waals surface area contributed by atoms with Crippen molar-refractivity contribution in [2.75, 3.05) is 17.7 Å². The van der Waals surface area contributed by atoms with Gasteiger partial charge in [-0.25, -0.2) is 8.42 Å². The van der Waals surface area contributed by atoms with E-state index in [-0.39, 0.29) is 17.9 Å². The number of aromatic nitrogens is 1. The minimum absolute atomic E-state index is 0.0601. The quantitative estimate of drug-likeness (QED) is 0.778.